The van der Waals surface area contributed by atoms with Crippen LogP contribution in [0.3, 0.4) is 0 Å². The van der Waals surface area contributed by atoms with E-state index in [0.717, 1.165) is 23.6 Å². The molecule has 1 aromatic rings. The molecule has 0 N–H and O–H groups in total. The van der Waals surface area contributed by atoms with E-state index >= 15 is 0 Å². The molecule has 1 fully saturated rings. The van der Waals surface area contributed by atoms with E-state index in [1.807, 2.05) is 6.07 Å². The molecule has 1 heterocycles. The molecule has 1 aromatic heterocycles. The Balaban J connectivity index is 2.03. The van der Waals surface area contributed by atoms with E-state index in [1.165, 1.54) is 31.5 Å². The fourth-order valence-corrected chi connectivity index (χ4v) is 2.50. The molecule has 3 heteroatoms. The van der Waals surface area contributed by atoms with Gasteiger partial charge in [-0.2, -0.15) is 0 Å². The lowest BCUT2D eigenvalue weighted by Gasteiger charge is -2.22. The predicted octanol–water partition coefficient (Wildman–Crippen LogP) is 3.19. The van der Waals surface area contributed by atoms with E-state index in [1.54, 1.807) is 11.3 Å². The summed E-state index contributed by atoms with van der Waals surface area (Å²) in [6.45, 7) is 4.47. The van der Waals surface area contributed by atoms with Gasteiger partial charge in [-0.1, -0.05) is 6.92 Å². The fourth-order valence-electron chi connectivity index (χ4n) is 1.78. The van der Waals surface area contributed by atoms with E-state index in [2.05, 4.69) is 17.2 Å². The minimum atomic E-state index is 0.835. The van der Waals surface area contributed by atoms with Gasteiger partial charge in [0.2, 0.25) is 0 Å². The molecule has 0 aromatic carbocycles. The summed E-state index contributed by atoms with van der Waals surface area (Å²) < 4.78 is 0. The van der Waals surface area contributed by atoms with Crippen molar-refractivity contribution in [1.82, 2.24) is 0 Å². The zero-order valence-corrected chi connectivity index (χ0v) is 9.93. The normalized spacial score (nSPS) is 15.3. The van der Waals surface area contributed by atoms with Gasteiger partial charge in [0.25, 0.3) is 0 Å². The van der Waals surface area contributed by atoms with Gasteiger partial charge >= 0.3 is 0 Å². The zero-order chi connectivity index (χ0) is 10.7. The predicted molar refractivity (Wildman–Crippen MR) is 64.9 cm³/mol. The maximum Gasteiger partial charge on any atom is 0.160 e. The Morgan fingerprint density at radius 3 is 2.93 bits per heavy atom. The van der Waals surface area contributed by atoms with Crippen molar-refractivity contribution in [2.75, 3.05) is 18.0 Å². The number of carbonyl (C=O) groups is 1. The number of aldehydes is 1. The third-order valence-electron chi connectivity index (χ3n) is 2.76. The van der Waals surface area contributed by atoms with Crippen LogP contribution in [-0.2, 0) is 0 Å². The fraction of sp³-hybridized carbons (Fsp3) is 0.583. The van der Waals surface area contributed by atoms with E-state index in [0.29, 0.717) is 0 Å². The lowest BCUT2D eigenvalue weighted by molar-refractivity contribution is 0.112. The second-order valence-electron chi connectivity index (χ2n) is 4.21. The summed E-state index contributed by atoms with van der Waals surface area (Å²) in [6.07, 6.45) is 4.87. The van der Waals surface area contributed by atoms with Crippen LogP contribution >= 0.6 is 11.3 Å². The van der Waals surface area contributed by atoms with Gasteiger partial charge in [0.05, 0.1) is 4.88 Å². The van der Waals surface area contributed by atoms with Crippen molar-refractivity contribution in [2.45, 2.75) is 26.2 Å². The SMILES string of the molecule is CCCN(CC1CC1)c1csc(C=O)c1. The van der Waals surface area contributed by atoms with Crippen molar-refractivity contribution in [3.63, 3.8) is 0 Å². The van der Waals surface area contributed by atoms with Gasteiger partial charge in [0.1, 0.15) is 0 Å². The Bertz CT molecular complexity index is 330. The quantitative estimate of drug-likeness (QED) is 0.690. The smallest absolute Gasteiger partial charge is 0.160 e. The highest BCUT2D eigenvalue weighted by atomic mass is 32.1. The highest BCUT2D eigenvalue weighted by Gasteiger charge is 2.24. The molecular weight excluding hydrogens is 206 g/mol. The monoisotopic (exact) mass is 223 g/mol. The lowest BCUT2D eigenvalue weighted by atomic mass is 10.3. The van der Waals surface area contributed by atoms with Gasteiger partial charge in [-0.15, -0.1) is 11.3 Å². The van der Waals surface area contributed by atoms with Crippen LogP contribution in [0.4, 0.5) is 5.69 Å². The largest absolute Gasteiger partial charge is 0.371 e. The molecule has 0 aliphatic heterocycles. The van der Waals surface area contributed by atoms with Crippen LogP contribution in [0, 0.1) is 5.92 Å². The van der Waals surface area contributed by atoms with Crippen molar-refractivity contribution in [3.05, 3.63) is 16.3 Å². The zero-order valence-electron chi connectivity index (χ0n) is 9.11. The molecular formula is C12H17NOS. The van der Waals surface area contributed by atoms with Crippen LogP contribution in [0.25, 0.3) is 0 Å². The summed E-state index contributed by atoms with van der Waals surface area (Å²) in [5, 5.41) is 2.10. The van der Waals surface area contributed by atoms with Crippen LogP contribution in [-0.4, -0.2) is 19.4 Å². The third kappa shape index (κ3) is 2.81. The average molecular weight is 223 g/mol. The number of anilines is 1. The van der Waals surface area contributed by atoms with Gasteiger partial charge in [0, 0.05) is 24.2 Å². The molecule has 1 aliphatic rings. The first kappa shape index (κ1) is 10.7. The average Bonchev–Trinajstić information content (AvgIpc) is 2.94. The molecule has 1 saturated carbocycles. The molecule has 0 unspecified atom stereocenters. The van der Waals surface area contributed by atoms with E-state index in [-0.39, 0.29) is 0 Å². The Kier molecular flexibility index (Phi) is 3.41. The third-order valence-corrected chi connectivity index (χ3v) is 3.60. The van der Waals surface area contributed by atoms with E-state index in [4.69, 9.17) is 0 Å². The van der Waals surface area contributed by atoms with Crippen LogP contribution in [0.15, 0.2) is 11.4 Å². The van der Waals surface area contributed by atoms with Gasteiger partial charge in [-0.25, -0.2) is 0 Å². The lowest BCUT2D eigenvalue weighted by Crippen LogP contribution is -2.25. The Morgan fingerprint density at radius 1 is 1.60 bits per heavy atom. The molecule has 15 heavy (non-hydrogen) atoms. The summed E-state index contributed by atoms with van der Waals surface area (Å²) in [7, 11) is 0. The first-order valence-corrected chi connectivity index (χ1v) is 6.50. The van der Waals surface area contributed by atoms with Crippen molar-refractivity contribution in [1.29, 1.82) is 0 Å². The summed E-state index contributed by atoms with van der Waals surface area (Å²) in [5.41, 5.74) is 1.23. The van der Waals surface area contributed by atoms with Crippen molar-refractivity contribution in [3.8, 4) is 0 Å². The molecule has 0 radical (unpaired) electrons. The highest BCUT2D eigenvalue weighted by molar-refractivity contribution is 7.12. The molecule has 0 amide bonds. The number of thiophene rings is 1. The molecule has 0 atom stereocenters. The van der Waals surface area contributed by atoms with Crippen molar-refractivity contribution in [2.24, 2.45) is 5.92 Å². The topological polar surface area (TPSA) is 20.3 Å². The minimum absolute atomic E-state index is 0.835. The summed E-state index contributed by atoms with van der Waals surface area (Å²) in [4.78, 5) is 13.9. The standard InChI is InChI=1S/C12H17NOS/c1-2-5-13(7-10-3-4-10)11-6-12(8-14)15-9-11/h6,8-10H,2-5,7H2,1H3. The number of rotatable bonds is 6. The Morgan fingerprint density at radius 2 is 2.40 bits per heavy atom. The van der Waals surface area contributed by atoms with Gasteiger partial charge < -0.3 is 4.90 Å². The molecule has 0 spiro atoms. The van der Waals surface area contributed by atoms with Crippen LogP contribution in [0.5, 0.6) is 0 Å². The maximum absolute atomic E-state index is 10.6. The Hall–Kier alpha value is -0.830. The van der Waals surface area contributed by atoms with Crippen LogP contribution in [0.1, 0.15) is 35.9 Å². The summed E-state index contributed by atoms with van der Waals surface area (Å²) in [6, 6.07) is 2.01. The van der Waals surface area contributed by atoms with Gasteiger partial charge in [0.15, 0.2) is 6.29 Å². The minimum Gasteiger partial charge on any atom is -0.371 e. The second kappa shape index (κ2) is 4.79. The first-order valence-electron chi connectivity index (χ1n) is 5.62. The van der Waals surface area contributed by atoms with Crippen molar-refractivity contribution >= 4 is 23.3 Å². The maximum atomic E-state index is 10.6. The van der Waals surface area contributed by atoms with Gasteiger partial charge in [-0.05, 0) is 31.2 Å². The number of carbonyl (C=O) groups excluding carboxylic acids is 1. The van der Waals surface area contributed by atoms with E-state index < -0.39 is 0 Å². The van der Waals surface area contributed by atoms with Crippen LogP contribution < -0.4 is 4.90 Å². The van der Waals surface area contributed by atoms with Crippen molar-refractivity contribution < 1.29 is 4.79 Å². The number of hydrogen-bond donors (Lipinski definition) is 0. The molecule has 0 bridgehead atoms. The van der Waals surface area contributed by atoms with E-state index in [9.17, 15) is 4.79 Å². The van der Waals surface area contributed by atoms with Crippen LogP contribution in [0.2, 0.25) is 0 Å². The summed E-state index contributed by atoms with van der Waals surface area (Å²) in [5.74, 6) is 0.899. The van der Waals surface area contributed by atoms with Gasteiger partial charge in [-0.3, -0.25) is 4.79 Å². The first-order chi connectivity index (χ1) is 7.33. The molecule has 0 saturated heterocycles. The highest BCUT2D eigenvalue weighted by Crippen LogP contribution is 2.32. The molecule has 2 rings (SSSR count). The second-order valence-corrected chi connectivity index (χ2v) is 5.16. The molecule has 1 aliphatic carbocycles. The number of hydrogen-bond acceptors (Lipinski definition) is 3. The Labute approximate surface area is 94.9 Å². The summed E-state index contributed by atoms with van der Waals surface area (Å²) >= 11 is 1.54. The molecule has 82 valence electrons. The molecule has 2 nitrogen and oxygen atoms in total. The number of nitrogens with zero attached hydrogens (tertiary/aromatic N) is 1.